The fraction of sp³-hybridized carbons (Fsp3) is 0.471. The number of nitrogen functional groups attached to an aromatic ring is 1. The van der Waals surface area contributed by atoms with Crippen molar-refractivity contribution >= 4 is 11.6 Å². The fourth-order valence-electron chi connectivity index (χ4n) is 2.66. The molecule has 0 aliphatic heterocycles. The predicted molar refractivity (Wildman–Crippen MR) is 85.5 cm³/mol. The number of benzene rings is 1. The second kappa shape index (κ2) is 7.72. The van der Waals surface area contributed by atoms with E-state index in [4.69, 9.17) is 10.5 Å². The maximum atomic E-state index is 12.3. The summed E-state index contributed by atoms with van der Waals surface area (Å²) in [7, 11) is 0. The molecule has 0 aromatic heterocycles. The Balaban J connectivity index is 1.98. The summed E-state index contributed by atoms with van der Waals surface area (Å²) in [5.74, 6) is 0.532. The van der Waals surface area contributed by atoms with Gasteiger partial charge >= 0.3 is 0 Å². The number of nitrogens with one attached hydrogen (secondary N) is 1. The maximum absolute atomic E-state index is 12.3. The van der Waals surface area contributed by atoms with Crippen molar-refractivity contribution in [3.8, 4) is 5.75 Å². The van der Waals surface area contributed by atoms with Crippen molar-refractivity contribution in [2.45, 2.75) is 44.6 Å². The second-order valence-corrected chi connectivity index (χ2v) is 5.51. The van der Waals surface area contributed by atoms with Gasteiger partial charge in [0.2, 0.25) is 0 Å². The summed E-state index contributed by atoms with van der Waals surface area (Å²) in [6, 6.07) is 5.45. The lowest BCUT2D eigenvalue weighted by Gasteiger charge is -2.16. The van der Waals surface area contributed by atoms with Crippen molar-refractivity contribution in [3.63, 3.8) is 0 Å². The summed E-state index contributed by atoms with van der Waals surface area (Å²) in [5, 5.41) is 3.11. The number of anilines is 1. The minimum Gasteiger partial charge on any atom is -0.487 e. The molecule has 0 atom stereocenters. The smallest absolute Gasteiger partial charge is 0.251 e. The van der Waals surface area contributed by atoms with Crippen LogP contribution in [0.25, 0.3) is 0 Å². The lowest BCUT2D eigenvalue weighted by atomic mass is 10.1. The lowest BCUT2D eigenvalue weighted by molar-refractivity contribution is 0.0933. The quantitative estimate of drug-likeness (QED) is 0.496. The number of amides is 1. The van der Waals surface area contributed by atoms with Gasteiger partial charge in [-0.2, -0.15) is 0 Å². The molecule has 21 heavy (non-hydrogen) atoms. The molecule has 0 saturated heterocycles. The van der Waals surface area contributed by atoms with E-state index in [-0.39, 0.29) is 11.9 Å². The van der Waals surface area contributed by atoms with E-state index in [0.29, 0.717) is 23.6 Å². The molecule has 1 aliphatic carbocycles. The minimum absolute atomic E-state index is 0.0520. The summed E-state index contributed by atoms with van der Waals surface area (Å²) < 4.78 is 5.41. The van der Waals surface area contributed by atoms with E-state index in [1.54, 1.807) is 24.3 Å². The Hall–Kier alpha value is -1.97. The summed E-state index contributed by atoms with van der Waals surface area (Å²) >= 11 is 0. The van der Waals surface area contributed by atoms with Gasteiger partial charge in [0.05, 0.1) is 5.69 Å². The largest absolute Gasteiger partial charge is 0.487 e. The van der Waals surface area contributed by atoms with E-state index >= 15 is 0 Å². The minimum atomic E-state index is -0.0520. The van der Waals surface area contributed by atoms with E-state index in [1.807, 2.05) is 0 Å². The van der Waals surface area contributed by atoms with Gasteiger partial charge in [-0.05, 0) is 31.0 Å². The van der Waals surface area contributed by atoms with Crippen molar-refractivity contribution in [3.05, 3.63) is 36.4 Å². The second-order valence-electron chi connectivity index (χ2n) is 5.51. The topological polar surface area (TPSA) is 64.3 Å². The Bertz CT molecular complexity index is 492. The lowest BCUT2D eigenvalue weighted by Crippen LogP contribution is -2.34. The average Bonchev–Trinajstić information content (AvgIpc) is 2.74. The summed E-state index contributed by atoms with van der Waals surface area (Å²) in [6.45, 7) is 3.99. The van der Waals surface area contributed by atoms with E-state index in [2.05, 4.69) is 11.9 Å². The molecule has 1 amide bonds. The Morgan fingerprint density at radius 2 is 2.05 bits per heavy atom. The van der Waals surface area contributed by atoms with Gasteiger partial charge in [0.15, 0.2) is 0 Å². The number of hydrogen-bond donors (Lipinski definition) is 2. The first kappa shape index (κ1) is 15.4. The first-order valence-corrected chi connectivity index (χ1v) is 7.65. The number of carbonyl (C=O) groups excluding carboxylic acids is 1. The Kier molecular flexibility index (Phi) is 5.67. The van der Waals surface area contributed by atoms with Gasteiger partial charge in [0.25, 0.3) is 5.91 Å². The number of nitrogens with two attached hydrogens (primary N) is 1. The fourth-order valence-corrected chi connectivity index (χ4v) is 2.66. The van der Waals surface area contributed by atoms with Crippen molar-refractivity contribution in [2.24, 2.45) is 0 Å². The molecule has 1 aromatic carbocycles. The zero-order valence-corrected chi connectivity index (χ0v) is 12.4. The first-order chi connectivity index (χ1) is 10.2. The van der Waals surface area contributed by atoms with Crippen molar-refractivity contribution in [2.75, 3.05) is 12.3 Å². The molecule has 1 fully saturated rings. The van der Waals surface area contributed by atoms with Crippen molar-refractivity contribution in [1.82, 2.24) is 5.32 Å². The first-order valence-electron chi connectivity index (χ1n) is 7.65. The van der Waals surface area contributed by atoms with Crippen LogP contribution < -0.4 is 15.8 Å². The van der Waals surface area contributed by atoms with Crippen LogP contribution in [0.3, 0.4) is 0 Å². The van der Waals surface area contributed by atoms with E-state index < -0.39 is 0 Å². The zero-order valence-electron chi connectivity index (χ0n) is 12.4. The molecule has 1 aromatic rings. The van der Waals surface area contributed by atoms with Gasteiger partial charge in [0.1, 0.15) is 12.4 Å². The van der Waals surface area contributed by atoms with Gasteiger partial charge in [-0.25, -0.2) is 0 Å². The normalized spacial score (nSPS) is 16.0. The molecule has 0 radical (unpaired) electrons. The van der Waals surface area contributed by atoms with E-state index in [9.17, 15) is 4.79 Å². The highest BCUT2D eigenvalue weighted by Gasteiger charge is 2.16. The third-order valence-corrected chi connectivity index (χ3v) is 3.82. The van der Waals surface area contributed by atoms with Gasteiger partial charge in [0, 0.05) is 11.6 Å². The monoisotopic (exact) mass is 288 g/mol. The highest BCUT2D eigenvalue weighted by atomic mass is 16.5. The van der Waals surface area contributed by atoms with Crippen molar-refractivity contribution < 1.29 is 9.53 Å². The predicted octanol–water partition coefficient (Wildman–Crippen LogP) is 3.29. The third kappa shape index (κ3) is 4.52. The van der Waals surface area contributed by atoms with Crippen LogP contribution in [-0.2, 0) is 0 Å². The highest BCUT2D eigenvalue weighted by molar-refractivity contribution is 5.95. The number of ether oxygens (including phenoxy) is 1. The van der Waals surface area contributed by atoms with Crippen LogP contribution in [0.1, 0.15) is 48.9 Å². The molecule has 0 bridgehead atoms. The molecule has 1 saturated carbocycles. The van der Waals surface area contributed by atoms with Crippen LogP contribution in [0, 0.1) is 0 Å². The van der Waals surface area contributed by atoms with Crippen LogP contribution in [0.4, 0.5) is 5.69 Å². The third-order valence-electron chi connectivity index (χ3n) is 3.82. The van der Waals surface area contributed by atoms with Gasteiger partial charge in [-0.3, -0.25) is 4.79 Å². The van der Waals surface area contributed by atoms with Crippen LogP contribution in [0.2, 0.25) is 0 Å². The molecule has 114 valence electrons. The van der Waals surface area contributed by atoms with Gasteiger partial charge in [-0.15, -0.1) is 0 Å². The van der Waals surface area contributed by atoms with Crippen LogP contribution >= 0.6 is 0 Å². The highest BCUT2D eigenvalue weighted by Crippen LogP contribution is 2.23. The molecular formula is C17H24N2O2. The molecule has 3 N–H and O–H groups in total. The molecule has 4 heteroatoms. The molecule has 1 aliphatic rings. The summed E-state index contributed by atoms with van der Waals surface area (Å²) in [6.07, 6.45) is 8.74. The Morgan fingerprint density at radius 1 is 1.33 bits per heavy atom. The Labute approximate surface area is 126 Å². The number of rotatable bonds is 5. The van der Waals surface area contributed by atoms with Crippen molar-refractivity contribution in [1.29, 1.82) is 0 Å². The molecule has 0 spiro atoms. The number of carbonyl (C=O) groups is 1. The van der Waals surface area contributed by atoms with Gasteiger partial charge < -0.3 is 15.8 Å². The Morgan fingerprint density at radius 3 is 2.67 bits per heavy atom. The maximum Gasteiger partial charge on any atom is 0.251 e. The molecule has 0 heterocycles. The SMILES string of the molecule is C=CCOc1ccc(C(=O)NC2CCCCCC2)cc1N. The number of hydrogen-bond acceptors (Lipinski definition) is 3. The van der Waals surface area contributed by atoms with Gasteiger partial charge in [-0.1, -0.05) is 38.3 Å². The summed E-state index contributed by atoms with van der Waals surface area (Å²) in [4.78, 5) is 12.3. The summed E-state index contributed by atoms with van der Waals surface area (Å²) in [5.41, 5.74) is 6.98. The molecule has 0 unspecified atom stereocenters. The standard InChI is InChI=1S/C17H24N2O2/c1-2-11-21-16-10-9-13(12-15(16)18)17(20)19-14-7-5-3-4-6-8-14/h2,9-10,12,14H,1,3-8,11,18H2,(H,19,20). The molecule has 2 rings (SSSR count). The average molecular weight is 288 g/mol. The van der Waals surface area contributed by atoms with Crippen LogP contribution in [0.5, 0.6) is 5.75 Å². The molecule has 4 nitrogen and oxygen atoms in total. The van der Waals surface area contributed by atoms with E-state index in [0.717, 1.165) is 12.8 Å². The van der Waals surface area contributed by atoms with Crippen LogP contribution in [-0.4, -0.2) is 18.6 Å². The van der Waals surface area contributed by atoms with E-state index in [1.165, 1.54) is 25.7 Å². The van der Waals surface area contributed by atoms with Crippen LogP contribution in [0.15, 0.2) is 30.9 Å². The zero-order chi connectivity index (χ0) is 15.1. The molecular weight excluding hydrogens is 264 g/mol.